The molecule has 4 atom stereocenters. The molecule has 2 aliphatic heterocycles. The van der Waals surface area contributed by atoms with E-state index in [1.165, 1.54) is 6.33 Å². The molecule has 2 fully saturated rings. The van der Waals surface area contributed by atoms with E-state index < -0.39 is 0 Å². The molecule has 3 aromatic carbocycles. The summed E-state index contributed by atoms with van der Waals surface area (Å²) in [6.07, 6.45) is 4.31. The number of ether oxygens (including phenoxy) is 4. The van der Waals surface area contributed by atoms with Gasteiger partial charge in [-0.2, -0.15) is 0 Å². The molecule has 3 aromatic heterocycles. The van der Waals surface area contributed by atoms with E-state index in [0.717, 1.165) is 45.3 Å². The van der Waals surface area contributed by atoms with E-state index in [9.17, 15) is 9.59 Å². The van der Waals surface area contributed by atoms with Crippen LogP contribution in [0.25, 0.3) is 33.0 Å². The first-order valence-electron chi connectivity index (χ1n) is 18.2. The van der Waals surface area contributed by atoms with Crippen LogP contribution in [-0.2, 0) is 9.59 Å². The quantitative estimate of drug-likeness (QED) is 0.227. The molecule has 16 nitrogen and oxygen atoms in total. The molecular formula is C40H44N10O6. The highest BCUT2D eigenvalue weighted by Gasteiger charge is 2.40. The van der Waals surface area contributed by atoms with Crippen LogP contribution in [-0.4, -0.2) is 130 Å². The average Bonchev–Trinajstić information content (AvgIpc) is 3.86. The van der Waals surface area contributed by atoms with Gasteiger partial charge in [-0.15, -0.1) is 0 Å². The van der Waals surface area contributed by atoms with Crippen LogP contribution in [0.2, 0.25) is 0 Å². The maximum Gasteiger partial charge on any atom is 0.233 e. The van der Waals surface area contributed by atoms with Crippen LogP contribution in [0.15, 0.2) is 79.4 Å². The summed E-state index contributed by atoms with van der Waals surface area (Å²) in [5, 5.41) is 4.07. The summed E-state index contributed by atoms with van der Waals surface area (Å²) < 4.78 is 23.2. The molecule has 5 heterocycles. The van der Waals surface area contributed by atoms with Gasteiger partial charge < -0.3 is 39.0 Å². The number of nitrogens with zero attached hydrogens (tertiary/aromatic N) is 9. The normalized spacial score (nSPS) is 19.0. The number of benzene rings is 3. The van der Waals surface area contributed by atoms with E-state index in [4.69, 9.17) is 18.9 Å². The molecule has 16 heteroatoms. The van der Waals surface area contributed by atoms with E-state index in [1.54, 1.807) is 64.4 Å². The van der Waals surface area contributed by atoms with Crippen molar-refractivity contribution in [3.05, 3.63) is 79.4 Å². The number of anilines is 1. The van der Waals surface area contributed by atoms with Gasteiger partial charge in [0.15, 0.2) is 11.5 Å². The average molecular weight is 761 g/mol. The van der Waals surface area contributed by atoms with Crippen molar-refractivity contribution in [3.8, 4) is 23.3 Å². The second-order valence-corrected chi connectivity index (χ2v) is 13.6. The van der Waals surface area contributed by atoms with Crippen LogP contribution in [0.4, 0.5) is 5.82 Å². The van der Waals surface area contributed by atoms with Crippen molar-refractivity contribution in [3.63, 3.8) is 0 Å². The highest BCUT2D eigenvalue weighted by atomic mass is 16.5. The molecule has 0 spiro atoms. The third kappa shape index (κ3) is 8.00. The number of likely N-dealkylation sites (N-methyl/N-ethyl adjacent to an activating group) is 2. The van der Waals surface area contributed by atoms with Crippen LogP contribution in [0.1, 0.15) is 13.8 Å². The lowest BCUT2D eigenvalue weighted by Gasteiger charge is -2.27. The van der Waals surface area contributed by atoms with Crippen LogP contribution in [0.3, 0.4) is 0 Å². The summed E-state index contributed by atoms with van der Waals surface area (Å²) in [6.45, 7) is 5.55. The van der Waals surface area contributed by atoms with Gasteiger partial charge in [0.05, 0.1) is 72.8 Å². The van der Waals surface area contributed by atoms with Crippen molar-refractivity contribution in [1.82, 2.24) is 45.0 Å². The summed E-state index contributed by atoms with van der Waals surface area (Å²) in [5.74, 6) is 2.80. The Kier molecular flexibility index (Phi) is 11.2. The topological polar surface area (TPSA) is 170 Å². The predicted molar refractivity (Wildman–Crippen MR) is 210 cm³/mol. The molecule has 2 amide bonds. The van der Waals surface area contributed by atoms with Gasteiger partial charge in [-0.1, -0.05) is 24.3 Å². The maximum atomic E-state index is 12.3. The van der Waals surface area contributed by atoms with Gasteiger partial charge in [0.25, 0.3) is 0 Å². The number of para-hydroxylation sites is 4. The van der Waals surface area contributed by atoms with Gasteiger partial charge in [-0.3, -0.25) is 9.59 Å². The predicted octanol–water partition coefficient (Wildman–Crippen LogP) is 3.53. The number of methoxy groups -OCH3 is 2. The van der Waals surface area contributed by atoms with E-state index >= 15 is 0 Å². The Balaban J connectivity index is 0.000000195. The van der Waals surface area contributed by atoms with Crippen molar-refractivity contribution in [2.24, 2.45) is 0 Å². The first kappa shape index (κ1) is 37.9. The van der Waals surface area contributed by atoms with Gasteiger partial charge in [-0.25, -0.2) is 29.9 Å². The number of aromatic nitrogens is 6. The van der Waals surface area contributed by atoms with Gasteiger partial charge in [0.2, 0.25) is 23.6 Å². The molecule has 0 bridgehead atoms. The molecule has 0 aliphatic carbocycles. The lowest BCUT2D eigenvalue weighted by Crippen LogP contribution is -2.45. The Morgan fingerprint density at radius 2 is 1.23 bits per heavy atom. The summed E-state index contributed by atoms with van der Waals surface area (Å²) in [7, 11) is 6.76. The third-order valence-electron chi connectivity index (χ3n) is 10.2. The second kappa shape index (κ2) is 16.5. The Morgan fingerprint density at radius 3 is 1.82 bits per heavy atom. The zero-order valence-corrected chi connectivity index (χ0v) is 32.1. The zero-order chi connectivity index (χ0) is 39.3. The lowest BCUT2D eigenvalue weighted by molar-refractivity contribution is -0.131. The minimum absolute atomic E-state index is 0.00997. The summed E-state index contributed by atoms with van der Waals surface area (Å²) in [4.78, 5) is 56.1. The molecule has 290 valence electrons. The monoisotopic (exact) mass is 760 g/mol. The lowest BCUT2D eigenvalue weighted by atomic mass is 10.2. The Labute approximate surface area is 323 Å². The molecule has 4 unspecified atom stereocenters. The third-order valence-corrected chi connectivity index (χ3v) is 10.2. The van der Waals surface area contributed by atoms with Crippen molar-refractivity contribution >= 4 is 50.6 Å². The van der Waals surface area contributed by atoms with Crippen molar-refractivity contribution in [1.29, 1.82) is 0 Å². The molecule has 56 heavy (non-hydrogen) atoms. The molecule has 2 aliphatic rings. The van der Waals surface area contributed by atoms with Crippen LogP contribution >= 0.6 is 0 Å². The summed E-state index contributed by atoms with van der Waals surface area (Å²) in [6, 6.07) is 18.8. The van der Waals surface area contributed by atoms with Crippen molar-refractivity contribution < 1.29 is 28.5 Å². The molecule has 1 N–H and O–H groups in total. The fourth-order valence-electron chi connectivity index (χ4n) is 6.96. The standard InChI is InChI=1S/C25H26N6O4.C15H18N4O2/c1-15(32)30(2)20-12-31(13-23(20)35-24-11-26-17-7-5-6-8-18(17)29-24)25-16-9-21(33-3)22(34-4)10-19(16)27-14-28-25;1-10(20)19(2)13-7-16-8-14(13)21-15-9-17-11-5-3-4-6-12(11)18-15/h5-11,14,20,23H,12-13H2,1-4H3;3-6,9,13-14,16H,7-8H2,1-2H3. The first-order chi connectivity index (χ1) is 27.1. The Hall–Kier alpha value is -6.42. The van der Waals surface area contributed by atoms with E-state index in [1.807, 2.05) is 60.7 Å². The van der Waals surface area contributed by atoms with E-state index in [0.29, 0.717) is 42.9 Å². The van der Waals surface area contributed by atoms with Crippen molar-refractivity contribution in [2.75, 3.05) is 59.4 Å². The second-order valence-electron chi connectivity index (χ2n) is 13.6. The largest absolute Gasteiger partial charge is 0.493 e. The Bertz CT molecular complexity index is 2360. The first-order valence-corrected chi connectivity index (χ1v) is 18.2. The van der Waals surface area contributed by atoms with Crippen molar-refractivity contribution in [2.45, 2.75) is 38.1 Å². The molecule has 8 rings (SSSR count). The molecule has 0 radical (unpaired) electrons. The smallest absolute Gasteiger partial charge is 0.233 e. The van der Waals surface area contributed by atoms with Crippen LogP contribution in [0.5, 0.6) is 23.3 Å². The van der Waals surface area contributed by atoms with Gasteiger partial charge in [0.1, 0.15) is 24.4 Å². The van der Waals surface area contributed by atoms with Gasteiger partial charge in [0, 0.05) is 59.0 Å². The Morgan fingerprint density at radius 1 is 0.679 bits per heavy atom. The summed E-state index contributed by atoms with van der Waals surface area (Å²) in [5.41, 5.74) is 3.92. The number of carbonyl (C=O) groups is 2. The number of fused-ring (bicyclic) bond motifs is 3. The highest BCUT2D eigenvalue weighted by molar-refractivity contribution is 5.92. The number of amides is 2. The molecule has 2 saturated heterocycles. The molecule has 0 saturated carbocycles. The number of nitrogens with one attached hydrogen (secondary N) is 1. The summed E-state index contributed by atoms with van der Waals surface area (Å²) >= 11 is 0. The fourth-order valence-corrected chi connectivity index (χ4v) is 6.96. The highest BCUT2D eigenvalue weighted by Crippen LogP contribution is 2.36. The minimum atomic E-state index is -0.343. The van der Waals surface area contributed by atoms with E-state index in [2.05, 4.69) is 40.1 Å². The number of carbonyl (C=O) groups excluding carboxylic acids is 2. The maximum absolute atomic E-state index is 12.3. The van der Waals surface area contributed by atoms with Gasteiger partial charge >= 0.3 is 0 Å². The van der Waals surface area contributed by atoms with Crippen LogP contribution in [0, 0.1) is 0 Å². The minimum Gasteiger partial charge on any atom is -0.493 e. The fraction of sp³-hybridized carbons (Fsp3) is 0.350. The molecule has 6 aromatic rings. The van der Waals surface area contributed by atoms with E-state index in [-0.39, 0.29) is 36.1 Å². The zero-order valence-electron chi connectivity index (χ0n) is 32.1. The van der Waals surface area contributed by atoms with Crippen LogP contribution < -0.4 is 29.2 Å². The number of hydrogen-bond acceptors (Lipinski definition) is 14. The molecular weight excluding hydrogens is 717 g/mol. The number of hydrogen-bond donors (Lipinski definition) is 1. The SMILES string of the molecule is CC(=O)N(C)C1CNCC1Oc1cnc2ccccc2n1.COc1cc2ncnc(N3CC(Oc4cnc5ccccc5n4)C(N(C)C(C)=O)C3)c2cc1OC. The van der Waals surface area contributed by atoms with Gasteiger partial charge in [-0.05, 0) is 30.3 Å². The number of rotatable bonds is 9.